The molecular weight excluding hydrogens is 436 g/mol. The molecule has 0 N–H and O–H groups in total. The van der Waals surface area contributed by atoms with Crippen molar-refractivity contribution in [2.75, 3.05) is 26.1 Å². The summed E-state index contributed by atoms with van der Waals surface area (Å²) >= 11 is 1.40. The molecule has 0 spiro atoms. The third-order valence-electron chi connectivity index (χ3n) is 4.61. The van der Waals surface area contributed by atoms with Crippen LogP contribution in [0.2, 0.25) is 0 Å². The van der Waals surface area contributed by atoms with Crippen LogP contribution in [0.3, 0.4) is 0 Å². The van der Waals surface area contributed by atoms with E-state index in [1.54, 1.807) is 37.4 Å². The molecule has 0 radical (unpaired) electrons. The van der Waals surface area contributed by atoms with E-state index in [1.807, 2.05) is 29.7 Å². The van der Waals surface area contributed by atoms with Gasteiger partial charge in [-0.05, 0) is 43.7 Å². The number of methoxy groups -OCH3 is 1. The summed E-state index contributed by atoms with van der Waals surface area (Å²) < 4.78 is 38.4. The van der Waals surface area contributed by atoms with Crippen molar-refractivity contribution in [2.24, 2.45) is 4.99 Å². The number of hydrogen-bond donors (Lipinski definition) is 0. The van der Waals surface area contributed by atoms with Gasteiger partial charge in [0.1, 0.15) is 5.75 Å². The van der Waals surface area contributed by atoms with E-state index in [4.69, 9.17) is 9.47 Å². The van der Waals surface area contributed by atoms with Gasteiger partial charge in [0.05, 0.1) is 34.1 Å². The number of amides is 1. The average Bonchev–Trinajstić information content (AvgIpc) is 3.09. The number of rotatable bonds is 10. The molecule has 3 rings (SSSR count). The molecule has 166 valence electrons. The van der Waals surface area contributed by atoms with Gasteiger partial charge in [-0.15, -0.1) is 0 Å². The highest BCUT2D eigenvalue weighted by atomic mass is 32.2. The van der Waals surface area contributed by atoms with E-state index in [0.717, 1.165) is 16.0 Å². The zero-order chi connectivity index (χ0) is 22.3. The molecule has 0 aliphatic rings. The van der Waals surface area contributed by atoms with E-state index >= 15 is 0 Å². The maximum atomic E-state index is 12.5. The van der Waals surface area contributed by atoms with Gasteiger partial charge < -0.3 is 14.0 Å². The quantitative estimate of drug-likeness (QED) is 0.461. The highest BCUT2D eigenvalue weighted by Crippen LogP contribution is 2.23. The number of carbonyl (C=O) groups excluding carboxylic acids is 1. The summed E-state index contributed by atoms with van der Waals surface area (Å²) in [6.45, 7) is 3.53. The molecule has 31 heavy (non-hydrogen) atoms. The molecule has 0 bridgehead atoms. The predicted octanol–water partition coefficient (Wildman–Crippen LogP) is 3.43. The van der Waals surface area contributed by atoms with Gasteiger partial charge >= 0.3 is 0 Å². The topological polar surface area (TPSA) is 87.0 Å². The number of thiazole rings is 1. The standard InChI is InChI=1S/C22H26N2O5S2/c1-3-29-17-11-12-19-20(16-17)30-22(24(19)13-14-28-2)23-21(25)10-7-15-31(26,27)18-8-5-4-6-9-18/h4-6,8-9,11-12,16H,3,7,10,13-15H2,1-2H3. The van der Waals surface area contributed by atoms with Crippen LogP contribution in [0.4, 0.5) is 0 Å². The van der Waals surface area contributed by atoms with Gasteiger partial charge in [-0.25, -0.2) is 8.42 Å². The van der Waals surface area contributed by atoms with Crippen molar-refractivity contribution in [1.29, 1.82) is 0 Å². The number of nitrogens with zero attached hydrogens (tertiary/aromatic N) is 2. The lowest BCUT2D eigenvalue weighted by atomic mass is 10.3. The third kappa shape index (κ3) is 6.03. The molecule has 0 fully saturated rings. The highest BCUT2D eigenvalue weighted by molar-refractivity contribution is 7.91. The predicted molar refractivity (Wildman–Crippen MR) is 121 cm³/mol. The Morgan fingerprint density at radius 3 is 2.65 bits per heavy atom. The molecule has 0 aliphatic carbocycles. The minimum atomic E-state index is -3.41. The van der Waals surface area contributed by atoms with Crippen molar-refractivity contribution in [2.45, 2.75) is 31.2 Å². The van der Waals surface area contributed by atoms with Crippen LogP contribution in [0.15, 0.2) is 58.4 Å². The summed E-state index contributed by atoms with van der Waals surface area (Å²) in [6.07, 6.45) is 0.284. The fourth-order valence-electron chi connectivity index (χ4n) is 3.12. The molecule has 0 saturated carbocycles. The number of sulfone groups is 1. The number of benzene rings is 2. The Balaban J connectivity index is 1.77. The first-order valence-electron chi connectivity index (χ1n) is 10.0. The van der Waals surface area contributed by atoms with E-state index in [-0.39, 0.29) is 29.4 Å². The monoisotopic (exact) mass is 462 g/mol. The van der Waals surface area contributed by atoms with Gasteiger partial charge in [0.15, 0.2) is 14.6 Å². The molecule has 0 aliphatic heterocycles. The van der Waals surface area contributed by atoms with Gasteiger partial charge in [0.2, 0.25) is 5.91 Å². The summed E-state index contributed by atoms with van der Waals surface area (Å²) in [6, 6.07) is 14.0. The third-order valence-corrected chi connectivity index (χ3v) is 7.47. The van der Waals surface area contributed by atoms with Crippen molar-refractivity contribution in [3.05, 3.63) is 53.3 Å². The molecule has 9 heteroatoms. The normalized spacial score (nSPS) is 12.4. The molecule has 7 nitrogen and oxygen atoms in total. The lowest BCUT2D eigenvalue weighted by molar-refractivity contribution is -0.118. The van der Waals surface area contributed by atoms with Crippen molar-refractivity contribution in [1.82, 2.24) is 4.57 Å². The van der Waals surface area contributed by atoms with Crippen LogP contribution in [0.1, 0.15) is 19.8 Å². The van der Waals surface area contributed by atoms with Crippen LogP contribution in [0, 0.1) is 0 Å². The molecule has 1 aromatic heterocycles. The number of hydrogen-bond acceptors (Lipinski definition) is 6. The summed E-state index contributed by atoms with van der Waals surface area (Å²) in [5.74, 6) is 0.330. The second kappa shape index (κ2) is 10.7. The summed E-state index contributed by atoms with van der Waals surface area (Å²) in [5.41, 5.74) is 0.948. The summed E-state index contributed by atoms with van der Waals surface area (Å²) in [5, 5.41) is 0. The maximum absolute atomic E-state index is 12.5. The minimum absolute atomic E-state index is 0.0643. The number of carbonyl (C=O) groups is 1. The van der Waals surface area contributed by atoms with Gasteiger partial charge in [0, 0.05) is 20.1 Å². The van der Waals surface area contributed by atoms with Crippen molar-refractivity contribution < 1.29 is 22.7 Å². The van der Waals surface area contributed by atoms with Crippen LogP contribution in [0.5, 0.6) is 5.75 Å². The van der Waals surface area contributed by atoms with Gasteiger partial charge in [-0.1, -0.05) is 29.5 Å². The van der Waals surface area contributed by atoms with Gasteiger partial charge in [0.25, 0.3) is 0 Å². The Morgan fingerprint density at radius 1 is 1.16 bits per heavy atom. The lowest BCUT2D eigenvalue weighted by Gasteiger charge is -2.06. The summed E-state index contributed by atoms with van der Waals surface area (Å²) in [7, 11) is -1.78. The van der Waals surface area contributed by atoms with E-state index in [0.29, 0.717) is 24.6 Å². The van der Waals surface area contributed by atoms with Crippen molar-refractivity contribution >= 4 is 37.3 Å². The molecule has 1 heterocycles. The first kappa shape index (κ1) is 23.2. The van der Waals surface area contributed by atoms with Gasteiger partial charge in [-0.3, -0.25) is 4.79 Å². The number of ether oxygens (including phenoxy) is 2. The number of aromatic nitrogens is 1. The molecular formula is C22H26N2O5S2. The summed E-state index contributed by atoms with van der Waals surface area (Å²) in [4.78, 5) is 17.6. The van der Waals surface area contributed by atoms with Gasteiger partial charge in [-0.2, -0.15) is 4.99 Å². The van der Waals surface area contributed by atoms with Crippen LogP contribution in [-0.4, -0.2) is 45.0 Å². The Hall–Kier alpha value is -2.49. The zero-order valence-corrected chi connectivity index (χ0v) is 19.2. The van der Waals surface area contributed by atoms with Crippen LogP contribution in [-0.2, 0) is 25.9 Å². The van der Waals surface area contributed by atoms with Crippen LogP contribution in [0.25, 0.3) is 10.2 Å². The lowest BCUT2D eigenvalue weighted by Crippen LogP contribution is -2.19. The molecule has 3 aromatic rings. The SMILES string of the molecule is CCOc1ccc2c(c1)sc(=NC(=O)CCCS(=O)(=O)c1ccccc1)n2CCOC. The molecule has 0 unspecified atom stereocenters. The Kier molecular flexibility index (Phi) is 8.00. The Bertz CT molecular complexity index is 1200. The fraction of sp³-hybridized carbons (Fsp3) is 0.364. The largest absolute Gasteiger partial charge is 0.494 e. The Labute approximate surface area is 185 Å². The van der Waals surface area contributed by atoms with E-state index in [1.165, 1.54) is 11.3 Å². The van der Waals surface area contributed by atoms with Crippen LogP contribution < -0.4 is 9.54 Å². The van der Waals surface area contributed by atoms with E-state index < -0.39 is 9.84 Å². The fourth-order valence-corrected chi connectivity index (χ4v) is 5.55. The molecule has 0 saturated heterocycles. The maximum Gasteiger partial charge on any atom is 0.248 e. The first-order valence-corrected chi connectivity index (χ1v) is 12.5. The highest BCUT2D eigenvalue weighted by Gasteiger charge is 2.15. The van der Waals surface area contributed by atoms with E-state index in [9.17, 15) is 13.2 Å². The second-order valence-electron chi connectivity index (χ2n) is 6.83. The van der Waals surface area contributed by atoms with Crippen molar-refractivity contribution in [3.8, 4) is 5.75 Å². The van der Waals surface area contributed by atoms with Crippen molar-refractivity contribution in [3.63, 3.8) is 0 Å². The molecule has 0 atom stereocenters. The average molecular weight is 463 g/mol. The zero-order valence-electron chi connectivity index (χ0n) is 17.6. The Morgan fingerprint density at radius 2 is 1.94 bits per heavy atom. The second-order valence-corrected chi connectivity index (χ2v) is 9.95. The molecule has 2 aromatic carbocycles. The van der Waals surface area contributed by atoms with E-state index in [2.05, 4.69) is 4.99 Å². The minimum Gasteiger partial charge on any atom is -0.494 e. The smallest absolute Gasteiger partial charge is 0.248 e. The first-order chi connectivity index (χ1) is 14.9. The van der Waals surface area contributed by atoms with Crippen LogP contribution >= 0.6 is 11.3 Å². The number of fused-ring (bicyclic) bond motifs is 1. The molecule has 1 amide bonds.